The van der Waals surface area contributed by atoms with Crippen LogP contribution in [0.4, 0.5) is 10.2 Å². The summed E-state index contributed by atoms with van der Waals surface area (Å²) in [7, 11) is 3.03. The standard InChI is InChI=1S/C11H12FN3O2/c1-15-11(13)6(5-14-15)9-7(12)3-4-8(17-2)10(9)16/h3-5,16H,13H2,1-2H3. The Bertz CT molecular complexity index is 566. The van der Waals surface area contributed by atoms with Crippen molar-refractivity contribution >= 4 is 5.82 Å². The van der Waals surface area contributed by atoms with Crippen LogP contribution in [0.1, 0.15) is 0 Å². The van der Waals surface area contributed by atoms with Gasteiger partial charge in [0.05, 0.1) is 24.4 Å². The van der Waals surface area contributed by atoms with Crippen LogP contribution >= 0.6 is 0 Å². The molecule has 0 spiro atoms. The Balaban J connectivity index is 2.70. The molecule has 0 aliphatic heterocycles. The minimum absolute atomic E-state index is 0.00468. The van der Waals surface area contributed by atoms with Crippen molar-refractivity contribution in [1.82, 2.24) is 9.78 Å². The first-order chi connectivity index (χ1) is 8.06. The van der Waals surface area contributed by atoms with Crippen LogP contribution in [0.3, 0.4) is 0 Å². The molecule has 0 saturated heterocycles. The Morgan fingerprint density at radius 1 is 1.47 bits per heavy atom. The monoisotopic (exact) mass is 237 g/mol. The van der Waals surface area contributed by atoms with Crippen LogP contribution in [-0.4, -0.2) is 22.0 Å². The van der Waals surface area contributed by atoms with Crippen LogP contribution in [0.25, 0.3) is 11.1 Å². The number of nitrogens with zero attached hydrogens (tertiary/aromatic N) is 2. The minimum Gasteiger partial charge on any atom is -0.504 e. The molecule has 3 N–H and O–H groups in total. The van der Waals surface area contributed by atoms with E-state index in [2.05, 4.69) is 5.10 Å². The fourth-order valence-corrected chi connectivity index (χ4v) is 1.61. The molecule has 0 radical (unpaired) electrons. The zero-order valence-electron chi connectivity index (χ0n) is 9.44. The van der Waals surface area contributed by atoms with Gasteiger partial charge in [0.2, 0.25) is 0 Å². The van der Waals surface area contributed by atoms with Crippen LogP contribution in [0.15, 0.2) is 18.3 Å². The number of hydrogen-bond donors (Lipinski definition) is 2. The number of halogens is 1. The highest BCUT2D eigenvalue weighted by molar-refractivity contribution is 5.80. The minimum atomic E-state index is -0.581. The maximum atomic E-state index is 13.7. The number of aromatic hydroxyl groups is 1. The Kier molecular flexibility index (Phi) is 2.63. The summed E-state index contributed by atoms with van der Waals surface area (Å²) in [5, 5.41) is 13.8. The van der Waals surface area contributed by atoms with E-state index in [1.54, 1.807) is 7.05 Å². The van der Waals surface area contributed by atoms with Gasteiger partial charge in [0.15, 0.2) is 11.5 Å². The smallest absolute Gasteiger partial charge is 0.168 e. The number of nitrogens with two attached hydrogens (primary N) is 1. The summed E-state index contributed by atoms with van der Waals surface area (Å²) < 4.78 is 20.1. The van der Waals surface area contributed by atoms with Crippen molar-refractivity contribution in [1.29, 1.82) is 0 Å². The molecule has 5 nitrogen and oxygen atoms in total. The van der Waals surface area contributed by atoms with Gasteiger partial charge in [-0.05, 0) is 12.1 Å². The average Bonchev–Trinajstić information content (AvgIpc) is 2.62. The van der Waals surface area contributed by atoms with Gasteiger partial charge >= 0.3 is 0 Å². The normalized spacial score (nSPS) is 10.5. The van der Waals surface area contributed by atoms with Gasteiger partial charge in [-0.15, -0.1) is 0 Å². The first-order valence-electron chi connectivity index (χ1n) is 4.89. The first-order valence-corrected chi connectivity index (χ1v) is 4.89. The molecule has 1 aromatic carbocycles. The number of anilines is 1. The third-order valence-electron chi connectivity index (χ3n) is 2.56. The Morgan fingerprint density at radius 3 is 2.71 bits per heavy atom. The highest BCUT2D eigenvalue weighted by Gasteiger charge is 2.19. The average molecular weight is 237 g/mol. The van der Waals surface area contributed by atoms with Crippen molar-refractivity contribution < 1.29 is 14.2 Å². The SMILES string of the molecule is COc1ccc(F)c(-c2cnn(C)c2N)c1O. The van der Waals surface area contributed by atoms with Crippen LogP contribution in [0, 0.1) is 5.82 Å². The predicted octanol–water partition coefficient (Wildman–Crippen LogP) is 1.52. The van der Waals surface area contributed by atoms with Crippen LogP contribution in [0.2, 0.25) is 0 Å². The van der Waals surface area contributed by atoms with Gasteiger partial charge < -0.3 is 15.6 Å². The molecule has 0 aliphatic rings. The molecule has 0 atom stereocenters. The van der Waals surface area contributed by atoms with Gasteiger partial charge in [-0.1, -0.05) is 0 Å². The fourth-order valence-electron chi connectivity index (χ4n) is 1.61. The number of aromatic nitrogens is 2. The molecule has 0 aliphatic carbocycles. The molecule has 2 aromatic rings. The largest absolute Gasteiger partial charge is 0.504 e. The quantitative estimate of drug-likeness (QED) is 0.830. The maximum Gasteiger partial charge on any atom is 0.168 e. The molecule has 1 aromatic heterocycles. The fraction of sp³-hybridized carbons (Fsp3) is 0.182. The summed E-state index contributed by atoms with van der Waals surface area (Å²) in [6.45, 7) is 0. The van der Waals surface area contributed by atoms with E-state index in [4.69, 9.17) is 10.5 Å². The lowest BCUT2D eigenvalue weighted by Crippen LogP contribution is -1.99. The summed E-state index contributed by atoms with van der Waals surface area (Å²) >= 11 is 0. The summed E-state index contributed by atoms with van der Waals surface area (Å²) in [5.74, 6) is -0.410. The van der Waals surface area contributed by atoms with E-state index < -0.39 is 5.82 Å². The molecule has 2 rings (SSSR count). The molecule has 6 heteroatoms. The van der Waals surface area contributed by atoms with Gasteiger partial charge in [0, 0.05) is 7.05 Å². The van der Waals surface area contributed by atoms with E-state index in [0.29, 0.717) is 5.56 Å². The third kappa shape index (κ3) is 1.67. The number of phenols is 1. The number of nitrogen functional groups attached to an aromatic ring is 1. The predicted molar refractivity (Wildman–Crippen MR) is 61.2 cm³/mol. The third-order valence-corrected chi connectivity index (χ3v) is 2.56. The highest BCUT2D eigenvalue weighted by atomic mass is 19.1. The van der Waals surface area contributed by atoms with E-state index in [1.807, 2.05) is 0 Å². The number of rotatable bonds is 2. The van der Waals surface area contributed by atoms with E-state index >= 15 is 0 Å². The van der Waals surface area contributed by atoms with Crippen LogP contribution in [-0.2, 0) is 7.05 Å². The van der Waals surface area contributed by atoms with E-state index in [1.165, 1.54) is 30.1 Å². The van der Waals surface area contributed by atoms with Crippen molar-refractivity contribution in [3.8, 4) is 22.6 Å². The van der Waals surface area contributed by atoms with Gasteiger partial charge in [-0.2, -0.15) is 5.10 Å². The second kappa shape index (κ2) is 3.97. The van der Waals surface area contributed by atoms with E-state index in [9.17, 15) is 9.50 Å². The zero-order valence-corrected chi connectivity index (χ0v) is 9.44. The van der Waals surface area contributed by atoms with Crippen molar-refractivity contribution in [2.45, 2.75) is 0 Å². The van der Waals surface area contributed by atoms with E-state index in [0.717, 1.165) is 0 Å². The van der Waals surface area contributed by atoms with Gasteiger partial charge in [-0.25, -0.2) is 4.39 Å². The number of ether oxygens (including phenoxy) is 1. The lowest BCUT2D eigenvalue weighted by molar-refractivity contribution is 0.372. The first kappa shape index (κ1) is 11.3. The van der Waals surface area contributed by atoms with Crippen LogP contribution in [0.5, 0.6) is 11.5 Å². The van der Waals surface area contributed by atoms with Crippen molar-refractivity contribution in [2.24, 2.45) is 7.05 Å². The molecule has 90 valence electrons. The number of benzene rings is 1. The number of phenolic OH excluding ortho intramolecular Hbond substituents is 1. The molecule has 17 heavy (non-hydrogen) atoms. The molecule has 0 saturated carbocycles. The molecule has 0 amide bonds. The Hall–Kier alpha value is -2.24. The molecule has 0 unspecified atom stereocenters. The van der Waals surface area contributed by atoms with Gasteiger partial charge in [0.1, 0.15) is 11.6 Å². The topological polar surface area (TPSA) is 73.3 Å². The molecule has 0 fully saturated rings. The van der Waals surface area contributed by atoms with Crippen molar-refractivity contribution in [2.75, 3.05) is 12.8 Å². The summed E-state index contributed by atoms with van der Waals surface area (Å²) in [6, 6.07) is 2.56. The summed E-state index contributed by atoms with van der Waals surface area (Å²) in [6.07, 6.45) is 1.40. The summed E-state index contributed by atoms with van der Waals surface area (Å²) in [5.41, 5.74) is 6.08. The molecular formula is C11H12FN3O2. The van der Waals surface area contributed by atoms with E-state index in [-0.39, 0.29) is 22.9 Å². The lowest BCUT2D eigenvalue weighted by Gasteiger charge is -2.09. The molecule has 1 heterocycles. The molecular weight excluding hydrogens is 225 g/mol. The van der Waals surface area contributed by atoms with Gasteiger partial charge in [-0.3, -0.25) is 4.68 Å². The van der Waals surface area contributed by atoms with Crippen molar-refractivity contribution in [3.05, 3.63) is 24.1 Å². The Labute approximate surface area is 97.2 Å². The van der Waals surface area contributed by atoms with Crippen molar-refractivity contribution in [3.63, 3.8) is 0 Å². The maximum absolute atomic E-state index is 13.7. The highest BCUT2D eigenvalue weighted by Crippen LogP contribution is 2.40. The lowest BCUT2D eigenvalue weighted by atomic mass is 10.1. The number of methoxy groups -OCH3 is 1. The zero-order chi connectivity index (χ0) is 12.6. The number of hydrogen-bond acceptors (Lipinski definition) is 4. The second-order valence-electron chi connectivity index (χ2n) is 3.54. The molecule has 0 bridgehead atoms. The Morgan fingerprint density at radius 2 is 2.18 bits per heavy atom. The second-order valence-corrected chi connectivity index (χ2v) is 3.54. The summed E-state index contributed by atoms with van der Waals surface area (Å²) in [4.78, 5) is 0. The van der Waals surface area contributed by atoms with Crippen LogP contribution < -0.4 is 10.5 Å². The number of aryl methyl sites for hydroxylation is 1. The van der Waals surface area contributed by atoms with Gasteiger partial charge in [0.25, 0.3) is 0 Å².